The second-order valence-electron chi connectivity index (χ2n) is 8.97. The van der Waals surface area contributed by atoms with Crippen LogP contribution in [0.25, 0.3) is 0 Å². The molecule has 0 aliphatic carbocycles. The number of rotatable bonds is 5. The molecule has 1 aromatic heterocycles. The van der Waals surface area contributed by atoms with Crippen LogP contribution < -0.4 is 19.7 Å². The highest BCUT2D eigenvalue weighted by molar-refractivity contribution is 6.15. The number of ether oxygens (including phenoxy) is 3. The standard InChI is InChI=1S/C26H26N4O6/c1-16-4-6-17(7-5-16)13-27-25(33)26(2)14-29-15-28-21(24(32)34-3)22(29)23(31)30(26)18-8-9-19-20(12-18)36-11-10-35-19/h4-9,12,15H,10-11,13-14H2,1-3H3,(H,27,33). The van der Waals surface area contributed by atoms with Crippen LogP contribution in [0, 0.1) is 6.92 Å². The van der Waals surface area contributed by atoms with Gasteiger partial charge in [-0.15, -0.1) is 0 Å². The van der Waals surface area contributed by atoms with Gasteiger partial charge in [0.1, 0.15) is 24.4 Å². The molecule has 10 nitrogen and oxygen atoms in total. The van der Waals surface area contributed by atoms with Crippen LogP contribution in [0.5, 0.6) is 11.5 Å². The number of amides is 2. The number of carbonyl (C=O) groups is 3. The number of hydrogen-bond acceptors (Lipinski definition) is 7. The monoisotopic (exact) mass is 490 g/mol. The lowest BCUT2D eigenvalue weighted by molar-refractivity contribution is -0.126. The molecule has 0 saturated carbocycles. The lowest BCUT2D eigenvalue weighted by Gasteiger charge is -2.43. The van der Waals surface area contributed by atoms with E-state index in [1.807, 2.05) is 31.2 Å². The molecular formula is C26H26N4O6. The van der Waals surface area contributed by atoms with E-state index in [4.69, 9.17) is 14.2 Å². The first-order chi connectivity index (χ1) is 17.3. The number of carbonyl (C=O) groups excluding carboxylic acids is 3. The van der Waals surface area contributed by atoms with Crippen molar-refractivity contribution in [3.05, 3.63) is 71.3 Å². The molecule has 3 aromatic rings. The van der Waals surface area contributed by atoms with Gasteiger partial charge in [-0.25, -0.2) is 9.78 Å². The van der Waals surface area contributed by atoms with E-state index in [2.05, 4.69) is 10.3 Å². The second kappa shape index (κ2) is 9.03. The molecule has 1 N–H and O–H groups in total. The van der Waals surface area contributed by atoms with E-state index in [1.54, 1.807) is 25.1 Å². The van der Waals surface area contributed by atoms with Crippen LogP contribution in [0.2, 0.25) is 0 Å². The Bertz CT molecular complexity index is 1350. The van der Waals surface area contributed by atoms with Crippen molar-refractivity contribution in [2.24, 2.45) is 0 Å². The van der Waals surface area contributed by atoms with E-state index in [9.17, 15) is 14.4 Å². The van der Waals surface area contributed by atoms with Gasteiger partial charge in [-0.1, -0.05) is 29.8 Å². The quantitative estimate of drug-likeness (QED) is 0.547. The fourth-order valence-corrected chi connectivity index (χ4v) is 4.53. The Morgan fingerprint density at radius 3 is 2.56 bits per heavy atom. The summed E-state index contributed by atoms with van der Waals surface area (Å²) in [5.41, 5.74) is 1.09. The van der Waals surface area contributed by atoms with Gasteiger partial charge in [0.15, 0.2) is 17.2 Å². The number of esters is 1. The smallest absolute Gasteiger partial charge is 0.359 e. The Morgan fingerprint density at radius 2 is 1.83 bits per heavy atom. The Hall–Kier alpha value is -4.34. The number of nitrogens with one attached hydrogen (secondary N) is 1. The first kappa shape index (κ1) is 23.4. The molecular weight excluding hydrogens is 464 g/mol. The van der Waals surface area contributed by atoms with E-state index in [0.717, 1.165) is 11.1 Å². The summed E-state index contributed by atoms with van der Waals surface area (Å²) in [5, 5.41) is 2.97. The molecule has 0 fully saturated rings. The van der Waals surface area contributed by atoms with Gasteiger partial charge < -0.3 is 24.1 Å². The van der Waals surface area contributed by atoms with E-state index < -0.39 is 17.4 Å². The number of anilines is 1. The van der Waals surface area contributed by atoms with Crippen molar-refractivity contribution in [3.63, 3.8) is 0 Å². The van der Waals surface area contributed by atoms with Crippen LogP contribution >= 0.6 is 0 Å². The fourth-order valence-electron chi connectivity index (χ4n) is 4.53. The van der Waals surface area contributed by atoms with Crippen LogP contribution in [-0.4, -0.2) is 53.2 Å². The van der Waals surface area contributed by atoms with Gasteiger partial charge in [-0.3, -0.25) is 14.5 Å². The number of nitrogens with zero attached hydrogens (tertiary/aromatic N) is 3. The summed E-state index contributed by atoms with van der Waals surface area (Å²) < 4.78 is 17.7. The molecule has 0 saturated heterocycles. The SMILES string of the molecule is COC(=O)c1ncn2c1C(=O)N(c1ccc3c(c1)OCCO3)C(C)(C(=O)NCc1ccc(C)cc1)C2. The van der Waals surface area contributed by atoms with Crippen LogP contribution in [0.4, 0.5) is 5.69 Å². The number of aromatic nitrogens is 2. The van der Waals surface area contributed by atoms with Crippen LogP contribution in [0.1, 0.15) is 39.0 Å². The highest BCUT2D eigenvalue weighted by Crippen LogP contribution is 2.39. The molecule has 0 radical (unpaired) electrons. The third-order valence-electron chi connectivity index (χ3n) is 6.44. The van der Waals surface area contributed by atoms with Crippen molar-refractivity contribution in [1.29, 1.82) is 0 Å². The van der Waals surface area contributed by atoms with Gasteiger partial charge in [0.25, 0.3) is 5.91 Å². The highest BCUT2D eigenvalue weighted by atomic mass is 16.6. The molecule has 2 aromatic carbocycles. The molecule has 10 heteroatoms. The van der Waals surface area contributed by atoms with Crippen molar-refractivity contribution in [1.82, 2.24) is 14.9 Å². The third-order valence-corrected chi connectivity index (χ3v) is 6.44. The normalized spacial score (nSPS) is 18.4. The zero-order valence-corrected chi connectivity index (χ0v) is 20.2. The zero-order chi connectivity index (χ0) is 25.4. The van der Waals surface area contributed by atoms with Crippen LogP contribution in [0.3, 0.4) is 0 Å². The maximum absolute atomic E-state index is 13.9. The minimum atomic E-state index is -1.34. The second-order valence-corrected chi connectivity index (χ2v) is 8.97. The maximum Gasteiger partial charge on any atom is 0.359 e. The van der Waals surface area contributed by atoms with Crippen molar-refractivity contribution >= 4 is 23.5 Å². The van der Waals surface area contributed by atoms with E-state index in [-0.39, 0.29) is 23.8 Å². The minimum Gasteiger partial charge on any atom is -0.486 e. The van der Waals surface area contributed by atoms with E-state index in [0.29, 0.717) is 36.9 Å². The lowest BCUT2D eigenvalue weighted by atomic mass is 9.93. The molecule has 5 rings (SSSR count). The summed E-state index contributed by atoms with van der Waals surface area (Å²) in [5.74, 6) is -0.609. The van der Waals surface area contributed by atoms with Crippen molar-refractivity contribution in [3.8, 4) is 11.5 Å². The molecule has 2 amide bonds. The maximum atomic E-state index is 13.9. The van der Waals surface area contributed by atoms with Gasteiger partial charge >= 0.3 is 5.97 Å². The Balaban J connectivity index is 1.55. The Labute approximate surface area is 207 Å². The third kappa shape index (κ3) is 3.94. The average Bonchev–Trinajstić information content (AvgIpc) is 3.31. The molecule has 2 aliphatic rings. The predicted octanol–water partition coefficient (Wildman–Crippen LogP) is 2.48. The summed E-state index contributed by atoms with van der Waals surface area (Å²) in [6.07, 6.45) is 1.38. The molecule has 1 atom stereocenters. The number of hydrogen-bond donors (Lipinski definition) is 1. The van der Waals surface area contributed by atoms with Crippen molar-refractivity contribution in [2.45, 2.75) is 32.5 Å². The van der Waals surface area contributed by atoms with Gasteiger partial charge in [0.2, 0.25) is 5.91 Å². The van der Waals surface area contributed by atoms with Crippen LogP contribution in [-0.2, 0) is 22.6 Å². The Kier molecular flexibility index (Phi) is 5.87. The predicted molar refractivity (Wildman–Crippen MR) is 129 cm³/mol. The number of fused-ring (bicyclic) bond motifs is 2. The molecule has 0 bridgehead atoms. The first-order valence-electron chi connectivity index (χ1n) is 11.5. The van der Waals surface area contributed by atoms with Gasteiger partial charge in [-0.2, -0.15) is 0 Å². The summed E-state index contributed by atoms with van der Waals surface area (Å²) in [7, 11) is 1.22. The molecule has 186 valence electrons. The summed E-state index contributed by atoms with van der Waals surface area (Å²) in [6.45, 7) is 4.85. The van der Waals surface area contributed by atoms with Gasteiger partial charge in [0, 0.05) is 18.3 Å². The largest absolute Gasteiger partial charge is 0.486 e. The van der Waals surface area contributed by atoms with Crippen molar-refractivity contribution in [2.75, 3.05) is 25.2 Å². The lowest BCUT2D eigenvalue weighted by Crippen LogP contribution is -2.64. The minimum absolute atomic E-state index is 0.0561. The molecule has 0 spiro atoms. The van der Waals surface area contributed by atoms with E-state index in [1.165, 1.54) is 22.9 Å². The zero-order valence-electron chi connectivity index (χ0n) is 20.2. The first-order valence-corrected chi connectivity index (χ1v) is 11.5. The van der Waals surface area contributed by atoms with Crippen molar-refractivity contribution < 1.29 is 28.6 Å². The molecule has 2 aliphatic heterocycles. The number of imidazole rings is 1. The summed E-state index contributed by atoms with van der Waals surface area (Å²) in [6, 6.07) is 12.9. The number of benzene rings is 2. The highest BCUT2D eigenvalue weighted by Gasteiger charge is 2.50. The number of aryl methyl sites for hydroxylation is 1. The molecule has 3 heterocycles. The van der Waals surface area contributed by atoms with E-state index >= 15 is 0 Å². The number of methoxy groups -OCH3 is 1. The van der Waals surface area contributed by atoms with Gasteiger partial charge in [-0.05, 0) is 31.5 Å². The average molecular weight is 491 g/mol. The fraction of sp³-hybridized carbons (Fsp3) is 0.308. The molecule has 36 heavy (non-hydrogen) atoms. The summed E-state index contributed by atoms with van der Waals surface area (Å²) in [4.78, 5) is 45.4. The Morgan fingerprint density at radius 1 is 1.11 bits per heavy atom. The van der Waals surface area contributed by atoms with Gasteiger partial charge in [0.05, 0.1) is 20.0 Å². The summed E-state index contributed by atoms with van der Waals surface area (Å²) >= 11 is 0. The topological polar surface area (TPSA) is 112 Å². The molecule has 1 unspecified atom stereocenters. The van der Waals surface area contributed by atoms with Crippen LogP contribution in [0.15, 0.2) is 48.8 Å².